The van der Waals surface area contributed by atoms with Gasteiger partial charge in [0, 0.05) is 12.2 Å². The number of para-hydroxylation sites is 1. The van der Waals surface area contributed by atoms with E-state index in [0.29, 0.717) is 23.5 Å². The number of fused-ring (bicyclic) bond motifs is 1. The van der Waals surface area contributed by atoms with Gasteiger partial charge in [0.1, 0.15) is 12.1 Å². The van der Waals surface area contributed by atoms with E-state index in [4.69, 9.17) is 16.3 Å². The normalized spacial score (nSPS) is 10.9. The van der Waals surface area contributed by atoms with Crippen molar-refractivity contribution in [2.45, 2.75) is 6.42 Å². The molecule has 2 heterocycles. The second-order valence-corrected chi connectivity index (χ2v) is 6.33. The Labute approximate surface area is 161 Å². The molecular weight excluding hydrogens is 362 g/mol. The Morgan fingerprint density at radius 1 is 1.04 bits per heavy atom. The Morgan fingerprint density at radius 3 is 2.56 bits per heavy atom. The molecule has 0 amide bonds. The van der Waals surface area contributed by atoms with Crippen molar-refractivity contribution in [1.29, 1.82) is 0 Å². The summed E-state index contributed by atoms with van der Waals surface area (Å²) in [6, 6.07) is 17.9. The molecule has 0 saturated carbocycles. The fraction of sp³-hybridized carbons (Fsp3) is 0.150. The van der Waals surface area contributed by atoms with Crippen LogP contribution >= 0.6 is 11.6 Å². The van der Waals surface area contributed by atoms with Crippen LogP contribution in [0.3, 0.4) is 0 Å². The molecule has 0 atom stereocenters. The fourth-order valence-electron chi connectivity index (χ4n) is 2.89. The Kier molecular flexibility index (Phi) is 4.89. The van der Waals surface area contributed by atoms with E-state index in [1.807, 2.05) is 59.2 Å². The van der Waals surface area contributed by atoms with E-state index in [1.54, 1.807) is 13.4 Å². The predicted molar refractivity (Wildman–Crippen MR) is 107 cm³/mol. The van der Waals surface area contributed by atoms with E-state index in [9.17, 15) is 0 Å². The van der Waals surface area contributed by atoms with Crippen LogP contribution in [0.25, 0.3) is 16.9 Å². The highest BCUT2D eigenvalue weighted by atomic mass is 35.5. The zero-order valence-corrected chi connectivity index (χ0v) is 15.5. The van der Waals surface area contributed by atoms with E-state index in [0.717, 1.165) is 17.9 Å². The average molecular weight is 380 g/mol. The lowest BCUT2D eigenvalue weighted by Gasteiger charge is -2.08. The molecule has 4 rings (SSSR count). The number of benzene rings is 2. The van der Waals surface area contributed by atoms with Crippen LogP contribution in [-0.2, 0) is 6.42 Å². The van der Waals surface area contributed by atoms with E-state index >= 15 is 0 Å². The number of nitrogens with one attached hydrogen (secondary N) is 1. The first-order valence-corrected chi connectivity index (χ1v) is 8.95. The highest BCUT2D eigenvalue weighted by Gasteiger charge is 2.13. The summed E-state index contributed by atoms with van der Waals surface area (Å²) in [7, 11) is 1.66. The molecular formula is C20H18ClN5O. The lowest BCUT2D eigenvalue weighted by molar-refractivity contribution is 0.414. The largest absolute Gasteiger partial charge is 0.497 e. The summed E-state index contributed by atoms with van der Waals surface area (Å²) in [5.41, 5.74) is 3.54. The molecule has 7 heteroatoms. The van der Waals surface area contributed by atoms with Crippen LogP contribution in [0.1, 0.15) is 5.56 Å². The minimum atomic E-state index is 0.187. The molecule has 0 aliphatic heterocycles. The number of nitrogens with zero attached hydrogens (tertiary/aromatic N) is 4. The summed E-state index contributed by atoms with van der Waals surface area (Å²) in [6.45, 7) is 0.701. The zero-order chi connectivity index (χ0) is 18.6. The van der Waals surface area contributed by atoms with Crippen LogP contribution in [0.2, 0.25) is 5.28 Å². The summed E-state index contributed by atoms with van der Waals surface area (Å²) in [4.78, 5) is 13.2. The molecule has 0 aliphatic rings. The number of ether oxygens (including phenoxy) is 1. The van der Waals surface area contributed by atoms with Crippen LogP contribution in [0.15, 0.2) is 60.9 Å². The number of imidazole rings is 1. The summed E-state index contributed by atoms with van der Waals surface area (Å²) in [5.74, 6) is 1.48. The zero-order valence-electron chi connectivity index (χ0n) is 14.8. The highest BCUT2D eigenvalue weighted by Crippen LogP contribution is 2.23. The molecule has 0 aliphatic carbocycles. The number of hydrogen-bond acceptors (Lipinski definition) is 5. The second kappa shape index (κ2) is 7.63. The first-order valence-electron chi connectivity index (χ1n) is 8.57. The molecule has 0 fully saturated rings. The van der Waals surface area contributed by atoms with Crippen molar-refractivity contribution < 1.29 is 4.74 Å². The lowest BCUT2D eigenvalue weighted by atomic mass is 10.1. The maximum Gasteiger partial charge on any atom is 0.226 e. The van der Waals surface area contributed by atoms with Gasteiger partial charge in [0.05, 0.1) is 7.11 Å². The first-order chi connectivity index (χ1) is 13.2. The van der Waals surface area contributed by atoms with Crippen LogP contribution in [0.5, 0.6) is 5.75 Å². The van der Waals surface area contributed by atoms with E-state index < -0.39 is 0 Å². The summed E-state index contributed by atoms with van der Waals surface area (Å²) >= 11 is 6.15. The predicted octanol–water partition coefficient (Wildman–Crippen LogP) is 4.13. The van der Waals surface area contributed by atoms with Crippen LogP contribution in [0.4, 0.5) is 5.82 Å². The number of anilines is 1. The average Bonchev–Trinajstić information content (AvgIpc) is 3.13. The molecule has 6 nitrogen and oxygen atoms in total. The molecule has 27 heavy (non-hydrogen) atoms. The third-order valence-electron chi connectivity index (χ3n) is 4.27. The quantitative estimate of drug-likeness (QED) is 0.510. The third kappa shape index (κ3) is 3.71. The molecule has 4 aromatic rings. The summed E-state index contributed by atoms with van der Waals surface area (Å²) in [5, 5.41) is 3.51. The number of rotatable bonds is 6. The van der Waals surface area contributed by atoms with Gasteiger partial charge in [-0.2, -0.15) is 9.97 Å². The number of halogens is 1. The van der Waals surface area contributed by atoms with Gasteiger partial charge in [-0.3, -0.25) is 4.57 Å². The minimum Gasteiger partial charge on any atom is -0.497 e. The van der Waals surface area contributed by atoms with Crippen LogP contribution < -0.4 is 10.1 Å². The maximum atomic E-state index is 6.15. The topological polar surface area (TPSA) is 64.9 Å². The fourth-order valence-corrected chi connectivity index (χ4v) is 3.06. The van der Waals surface area contributed by atoms with Crippen molar-refractivity contribution in [3.8, 4) is 11.4 Å². The molecule has 0 saturated heterocycles. The SMILES string of the molecule is COc1ccc(CCNc2nc(Cl)nc3c2ncn3-c2ccccc2)cc1. The number of aromatic nitrogens is 4. The second-order valence-electron chi connectivity index (χ2n) is 5.99. The molecule has 1 N–H and O–H groups in total. The van der Waals surface area contributed by atoms with E-state index in [-0.39, 0.29) is 5.28 Å². The van der Waals surface area contributed by atoms with E-state index in [1.165, 1.54) is 5.56 Å². The third-order valence-corrected chi connectivity index (χ3v) is 4.44. The standard InChI is InChI=1S/C20H18ClN5O/c1-27-16-9-7-14(8-10-16)11-12-22-18-17-19(25-20(21)24-18)26(13-23-17)15-5-3-2-4-6-15/h2-10,13H,11-12H2,1H3,(H,22,24,25). The van der Waals surface area contributed by atoms with Crippen molar-refractivity contribution in [3.63, 3.8) is 0 Å². The van der Waals surface area contributed by atoms with Crippen molar-refractivity contribution in [2.75, 3.05) is 19.0 Å². The van der Waals surface area contributed by atoms with E-state index in [2.05, 4.69) is 20.3 Å². The van der Waals surface area contributed by atoms with Gasteiger partial charge in [0.15, 0.2) is 17.0 Å². The first kappa shape index (κ1) is 17.3. The van der Waals surface area contributed by atoms with Gasteiger partial charge in [-0.1, -0.05) is 30.3 Å². The van der Waals surface area contributed by atoms with Gasteiger partial charge < -0.3 is 10.1 Å². The molecule has 2 aromatic heterocycles. The Morgan fingerprint density at radius 2 is 1.81 bits per heavy atom. The minimum absolute atomic E-state index is 0.187. The van der Waals surface area contributed by atoms with Gasteiger partial charge >= 0.3 is 0 Å². The van der Waals surface area contributed by atoms with Gasteiger partial charge in [-0.15, -0.1) is 0 Å². The van der Waals surface area contributed by atoms with Gasteiger partial charge in [0.2, 0.25) is 5.28 Å². The molecule has 136 valence electrons. The summed E-state index contributed by atoms with van der Waals surface area (Å²) < 4.78 is 7.09. The molecule has 0 unspecified atom stereocenters. The van der Waals surface area contributed by atoms with Crippen molar-refractivity contribution in [3.05, 3.63) is 71.8 Å². The monoisotopic (exact) mass is 379 g/mol. The Balaban J connectivity index is 1.55. The Bertz CT molecular complexity index is 1050. The van der Waals surface area contributed by atoms with Gasteiger partial charge in [-0.05, 0) is 47.9 Å². The lowest BCUT2D eigenvalue weighted by Crippen LogP contribution is -2.08. The van der Waals surface area contributed by atoms with Crippen LogP contribution in [0, 0.1) is 0 Å². The molecule has 2 aromatic carbocycles. The maximum absolute atomic E-state index is 6.15. The smallest absolute Gasteiger partial charge is 0.226 e. The van der Waals surface area contributed by atoms with Gasteiger partial charge in [0.25, 0.3) is 0 Å². The van der Waals surface area contributed by atoms with Crippen LogP contribution in [-0.4, -0.2) is 33.2 Å². The van der Waals surface area contributed by atoms with Crippen molar-refractivity contribution in [2.24, 2.45) is 0 Å². The number of hydrogen-bond donors (Lipinski definition) is 1. The Hall–Kier alpha value is -3.12. The molecule has 0 radical (unpaired) electrons. The van der Waals surface area contributed by atoms with Crippen molar-refractivity contribution >= 4 is 28.6 Å². The highest BCUT2D eigenvalue weighted by molar-refractivity contribution is 6.28. The summed E-state index contributed by atoms with van der Waals surface area (Å²) in [6.07, 6.45) is 2.58. The van der Waals surface area contributed by atoms with Crippen molar-refractivity contribution in [1.82, 2.24) is 19.5 Å². The molecule has 0 bridgehead atoms. The van der Waals surface area contributed by atoms with Gasteiger partial charge in [-0.25, -0.2) is 4.98 Å². The number of methoxy groups -OCH3 is 1. The molecule has 0 spiro atoms.